The molecule has 70 heavy (non-hydrogen) atoms. The molecular formula is C60H113N2O7P. The summed E-state index contributed by atoms with van der Waals surface area (Å²) in [5.41, 5.74) is 0. The molecule has 410 valence electrons. The van der Waals surface area contributed by atoms with Crippen LogP contribution in [0.15, 0.2) is 48.6 Å². The number of likely N-dealkylation sites (N-methyl/N-ethyl adjacent to an activating group) is 1. The fourth-order valence-corrected chi connectivity index (χ4v) is 9.09. The van der Waals surface area contributed by atoms with Gasteiger partial charge in [-0.15, -0.1) is 0 Å². The lowest BCUT2D eigenvalue weighted by Crippen LogP contribution is -2.47. The van der Waals surface area contributed by atoms with Crippen LogP contribution in [0.1, 0.15) is 271 Å². The maximum absolute atomic E-state index is 13.5. The van der Waals surface area contributed by atoms with Gasteiger partial charge in [0.05, 0.1) is 33.8 Å². The highest BCUT2D eigenvalue weighted by Crippen LogP contribution is 2.38. The number of ether oxygens (including phenoxy) is 1. The van der Waals surface area contributed by atoms with Gasteiger partial charge >= 0.3 is 5.97 Å². The molecule has 9 nitrogen and oxygen atoms in total. The van der Waals surface area contributed by atoms with Crippen molar-refractivity contribution < 1.29 is 37.3 Å². The smallest absolute Gasteiger partial charge is 0.306 e. The second-order valence-corrected chi connectivity index (χ2v) is 22.6. The molecule has 0 rings (SSSR count). The summed E-state index contributed by atoms with van der Waals surface area (Å²) >= 11 is 0. The SMILES string of the molecule is CCCCC/C=C\C/C=C\CCCCCCCCCCCC(=O)NC(COP(=O)([O-])OCC[N+](C)(C)C)C(/C=C\CCCCCCCCCCCC)OC(=O)CCCCC/C=C\CCCCCCCC. The number of hydrogen-bond donors (Lipinski definition) is 1. The third-order valence-corrected chi connectivity index (χ3v) is 13.9. The number of rotatable bonds is 53. The summed E-state index contributed by atoms with van der Waals surface area (Å²) in [6.07, 6.45) is 60.7. The van der Waals surface area contributed by atoms with Gasteiger partial charge in [-0.05, 0) is 89.5 Å². The predicted molar refractivity (Wildman–Crippen MR) is 298 cm³/mol. The average molecular weight is 1010 g/mol. The highest BCUT2D eigenvalue weighted by atomic mass is 31.2. The summed E-state index contributed by atoms with van der Waals surface area (Å²) in [5.74, 6) is -0.560. The Morgan fingerprint density at radius 1 is 0.500 bits per heavy atom. The lowest BCUT2D eigenvalue weighted by molar-refractivity contribution is -0.870. The first-order valence-corrected chi connectivity index (χ1v) is 30.9. The number of allylic oxidation sites excluding steroid dienone is 7. The van der Waals surface area contributed by atoms with Crippen LogP contribution in [-0.2, 0) is 27.9 Å². The molecule has 3 atom stereocenters. The van der Waals surface area contributed by atoms with E-state index in [2.05, 4.69) is 62.5 Å². The largest absolute Gasteiger partial charge is 0.756 e. The topological polar surface area (TPSA) is 114 Å². The van der Waals surface area contributed by atoms with Crippen LogP contribution >= 0.6 is 7.82 Å². The molecule has 0 fully saturated rings. The molecule has 0 aliphatic rings. The predicted octanol–water partition coefficient (Wildman–Crippen LogP) is 17.1. The van der Waals surface area contributed by atoms with Gasteiger partial charge in [0, 0.05) is 12.8 Å². The number of carbonyl (C=O) groups is 2. The minimum atomic E-state index is -4.70. The van der Waals surface area contributed by atoms with Crippen LogP contribution in [-0.4, -0.2) is 69.4 Å². The molecule has 0 aromatic carbocycles. The molecule has 0 spiro atoms. The number of nitrogens with one attached hydrogen (secondary N) is 1. The van der Waals surface area contributed by atoms with Gasteiger partial charge in [0.1, 0.15) is 19.3 Å². The molecule has 0 heterocycles. The van der Waals surface area contributed by atoms with Gasteiger partial charge in [-0.25, -0.2) is 0 Å². The maximum atomic E-state index is 13.5. The summed E-state index contributed by atoms with van der Waals surface area (Å²) < 4.78 is 30.2. The number of hydrogen-bond acceptors (Lipinski definition) is 7. The Kier molecular flexibility index (Phi) is 49.0. The third kappa shape index (κ3) is 50.9. The zero-order chi connectivity index (χ0) is 51.5. The van der Waals surface area contributed by atoms with Crippen molar-refractivity contribution in [2.24, 2.45) is 0 Å². The van der Waals surface area contributed by atoms with Crippen molar-refractivity contribution in [1.82, 2.24) is 5.32 Å². The van der Waals surface area contributed by atoms with Crippen LogP contribution in [0.25, 0.3) is 0 Å². The fraction of sp³-hybridized carbons (Fsp3) is 0.833. The highest BCUT2D eigenvalue weighted by molar-refractivity contribution is 7.45. The van der Waals surface area contributed by atoms with E-state index >= 15 is 0 Å². The van der Waals surface area contributed by atoms with E-state index in [0.717, 1.165) is 83.5 Å². The summed E-state index contributed by atoms with van der Waals surface area (Å²) in [4.78, 5) is 39.8. The third-order valence-electron chi connectivity index (χ3n) is 13.0. The van der Waals surface area contributed by atoms with Crippen LogP contribution in [0.5, 0.6) is 0 Å². The lowest BCUT2D eigenvalue weighted by atomic mass is 10.0. The van der Waals surface area contributed by atoms with E-state index in [-0.39, 0.29) is 24.9 Å². The minimum Gasteiger partial charge on any atom is -0.756 e. The molecule has 0 bridgehead atoms. The van der Waals surface area contributed by atoms with Gasteiger partial charge < -0.3 is 28.5 Å². The van der Waals surface area contributed by atoms with Crippen LogP contribution in [0.3, 0.4) is 0 Å². The number of amides is 1. The van der Waals surface area contributed by atoms with Crippen molar-refractivity contribution in [3.63, 3.8) is 0 Å². The van der Waals surface area contributed by atoms with Crippen LogP contribution in [0.2, 0.25) is 0 Å². The van der Waals surface area contributed by atoms with Crippen molar-refractivity contribution in [2.75, 3.05) is 40.9 Å². The second kappa shape index (κ2) is 50.5. The van der Waals surface area contributed by atoms with E-state index in [1.165, 1.54) is 148 Å². The number of esters is 1. The Bertz CT molecular complexity index is 1340. The molecule has 3 unspecified atom stereocenters. The van der Waals surface area contributed by atoms with E-state index in [9.17, 15) is 19.0 Å². The molecule has 0 aromatic rings. The molecule has 1 N–H and O–H groups in total. The second-order valence-electron chi connectivity index (χ2n) is 21.1. The van der Waals surface area contributed by atoms with Gasteiger partial charge in [0.25, 0.3) is 7.82 Å². The zero-order valence-corrected chi connectivity index (χ0v) is 47.6. The Morgan fingerprint density at radius 2 is 0.871 bits per heavy atom. The Hall–Kier alpha value is -2.03. The van der Waals surface area contributed by atoms with Gasteiger partial charge in [0.2, 0.25) is 5.91 Å². The molecular weight excluding hydrogens is 892 g/mol. The number of carbonyl (C=O) groups excluding carboxylic acids is 2. The number of quaternary nitrogens is 1. The molecule has 1 amide bonds. The summed E-state index contributed by atoms with van der Waals surface area (Å²) in [7, 11) is 1.18. The van der Waals surface area contributed by atoms with Crippen molar-refractivity contribution in [3.05, 3.63) is 48.6 Å². The standard InChI is InChI=1S/C60H113N2O7P/c1-7-10-13-16-19-22-25-28-29-30-31-32-33-35-37-40-43-46-49-52-59(63)61-57(56-68-70(65,66)67-55-54-62(4,5)6)58(51-48-45-42-39-36-27-24-21-18-15-12-9-3)69-60(64)53-50-47-44-41-38-34-26-23-20-17-14-11-8-2/h19,22,28-29,34,38,48,51,57-58H,7-18,20-21,23-27,30-33,35-37,39-47,49-50,52-56H2,1-6H3,(H-,61,63,65,66)/b22-19-,29-28-,38-34-,51-48-. The van der Waals surface area contributed by atoms with E-state index in [4.69, 9.17) is 13.8 Å². The number of nitrogens with zero attached hydrogens (tertiary/aromatic N) is 1. The summed E-state index contributed by atoms with van der Waals surface area (Å²) in [5, 5.41) is 3.02. The molecule has 0 aromatic heterocycles. The number of phosphoric acid groups is 1. The van der Waals surface area contributed by atoms with Crippen molar-refractivity contribution in [3.8, 4) is 0 Å². The molecule has 0 saturated carbocycles. The molecule has 0 saturated heterocycles. The van der Waals surface area contributed by atoms with Crippen molar-refractivity contribution in [2.45, 2.75) is 283 Å². The first-order chi connectivity index (χ1) is 33.9. The molecule has 0 radical (unpaired) electrons. The normalized spacial score (nSPS) is 14.1. The van der Waals surface area contributed by atoms with Crippen LogP contribution < -0.4 is 10.2 Å². The zero-order valence-electron chi connectivity index (χ0n) is 46.7. The summed E-state index contributed by atoms with van der Waals surface area (Å²) in [6, 6.07) is -0.894. The average Bonchev–Trinajstić information content (AvgIpc) is 3.32. The van der Waals surface area contributed by atoms with Gasteiger partial charge in [-0.2, -0.15) is 0 Å². The Balaban J connectivity index is 5.30. The van der Waals surface area contributed by atoms with Crippen LogP contribution in [0, 0.1) is 0 Å². The maximum Gasteiger partial charge on any atom is 0.306 e. The van der Waals surface area contributed by atoms with E-state index in [1.807, 2.05) is 33.3 Å². The first-order valence-electron chi connectivity index (χ1n) is 29.4. The Labute approximate surface area is 433 Å². The van der Waals surface area contributed by atoms with Crippen molar-refractivity contribution >= 4 is 19.7 Å². The minimum absolute atomic E-state index is 0.0252. The fourth-order valence-electron chi connectivity index (χ4n) is 8.37. The quantitative estimate of drug-likeness (QED) is 0.0212. The lowest BCUT2D eigenvalue weighted by Gasteiger charge is -2.30. The Morgan fingerprint density at radius 3 is 1.34 bits per heavy atom. The molecule has 0 aliphatic heterocycles. The van der Waals surface area contributed by atoms with Gasteiger partial charge in [-0.3, -0.25) is 14.2 Å². The van der Waals surface area contributed by atoms with E-state index in [0.29, 0.717) is 23.9 Å². The number of phosphoric ester groups is 1. The summed E-state index contributed by atoms with van der Waals surface area (Å²) in [6.45, 7) is 6.80. The monoisotopic (exact) mass is 1000 g/mol. The molecule has 10 heteroatoms. The van der Waals surface area contributed by atoms with Crippen LogP contribution in [0.4, 0.5) is 0 Å². The van der Waals surface area contributed by atoms with E-state index < -0.39 is 26.6 Å². The van der Waals surface area contributed by atoms with E-state index in [1.54, 1.807) is 0 Å². The first kappa shape index (κ1) is 68.0. The van der Waals surface area contributed by atoms with Crippen molar-refractivity contribution in [1.29, 1.82) is 0 Å². The molecule has 0 aliphatic carbocycles. The van der Waals surface area contributed by atoms with Gasteiger partial charge in [-0.1, -0.05) is 217 Å². The highest BCUT2D eigenvalue weighted by Gasteiger charge is 2.27. The van der Waals surface area contributed by atoms with Gasteiger partial charge in [0.15, 0.2) is 0 Å². The number of unbranched alkanes of at least 4 members (excludes halogenated alkanes) is 31.